The molecule has 1 aliphatic heterocycles. The Balaban J connectivity index is 0.00000392. The molecule has 6 nitrogen and oxygen atoms in total. The fourth-order valence-electron chi connectivity index (χ4n) is 3.36. The molecule has 0 spiro atoms. The van der Waals surface area contributed by atoms with Gasteiger partial charge < -0.3 is 25.0 Å². The van der Waals surface area contributed by atoms with Gasteiger partial charge in [-0.2, -0.15) is 0 Å². The summed E-state index contributed by atoms with van der Waals surface area (Å²) in [6.45, 7) is 7.33. The van der Waals surface area contributed by atoms with Gasteiger partial charge in [-0.25, -0.2) is 0 Å². The van der Waals surface area contributed by atoms with Crippen molar-refractivity contribution in [2.75, 3.05) is 52.3 Å². The Labute approximate surface area is 187 Å². The molecule has 2 rings (SSSR count). The summed E-state index contributed by atoms with van der Waals surface area (Å²) < 4.78 is 11.0. The van der Waals surface area contributed by atoms with E-state index < -0.39 is 0 Å². The molecule has 1 aliphatic rings. The molecule has 0 bridgehead atoms. The minimum absolute atomic E-state index is 0. The van der Waals surface area contributed by atoms with Gasteiger partial charge in [0.05, 0.1) is 13.7 Å². The van der Waals surface area contributed by atoms with Gasteiger partial charge >= 0.3 is 0 Å². The molecule has 1 aromatic rings. The normalized spacial score (nSPS) is 14.9. The first-order valence-electron chi connectivity index (χ1n) is 10.3. The Bertz CT molecular complexity index is 578. The number of methoxy groups -OCH3 is 1. The number of aliphatic imine (C=N–C) groups is 1. The van der Waals surface area contributed by atoms with Crippen molar-refractivity contribution in [3.05, 3.63) is 18.2 Å². The van der Waals surface area contributed by atoms with Crippen molar-refractivity contribution in [2.24, 2.45) is 4.99 Å². The molecule has 28 heavy (non-hydrogen) atoms. The van der Waals surface area contributed by atoms with Gasteiger partial charge in [0.15, 0.2) is 17.5 Å². The van der Waals surface area contributed by atoms with Gasteiger partial charge in [0.25, 0.3) is 0 Å². The van der Waals surface area contributed by atoms with Crippen LogP contribution in [0.25, 0.3) is 0 Å². The van der Waals surface area contributed by atoms with Crippen molar-refractivity contribution in [1.82, 2.24) is 10.2 Å². The molecule has 0 aromatic heterocycles. The predicted octanol–water partition coefficient (Wildman–Crippen LogP) is 4.36. The predicted molar refractivity (Wildman–Crippen MR) is 129 cm³/mol. The Kier molecular flexibility index (Phi) is 13.1. The molecule has 0 amide bonds. The Morgan fingerprint density at radius 2 is 1.89 bits per heavy atom. The molecular weight excluding hydrogens is 467 g/mol. The van der Waals surface area contributed by atoms with Crippen molar-refractivity contribution >= 4 is 35.6 Å². The van der Waals surface area contributed by atoms with E-state index in [0.717, 1.165) is 36.1 Å². The van der Waals surface area contributed by atoms with Crippen LogP contribution in [0.4, 0.5) is 5.69 Å². The van der Waals surface area contributed by atoms with Gasteiger partial charge in [-0.05, 0) is 64.4 Å². The molecule has 1 fully saturated rings. The van der Waals surface area contributed by atoms with Gasteiger partial charge in [-0.3, -0.25) is 4.99 Å². The van der Waals surface area contributed by atoms with Crippen LogP contribution in [0.15, 0.2) is 23.2 Å². The summed E-state index contributed by atoms with van der Waals surface area (Å²) in [5, 5.41) is 6.70. The molecule has 0 radical (unpaired) electrons. The molecule has 160 valence electrons. The number of likely N-dealkylation sites (tertiary alicyclic amines) is 1. The monoisotopic (exact) mass is 504 g/mol. The van der Waals surface area contributed by atoms with E-state index in [9.17, 15) is 0 Å². The lowest BCUT2D eigenvalue weighted by Crippen LogP contribution is -2.32. The van der Waals surface area contributed by atoms with Crippen molar-refractivity contribution in [2.45, 2.75) is 45.4 Å². The van der Waals surface area contributed by atoms with Crippen LogP contribution in [0, 0.1) is 0 Å². The van der Waals surface area contributed by atoms with E-state index in [2.05, 4.69) is 20.5 Å². The highest BCUT2D eigenvalue weighted by Crippen LogP contribution is 2.30. The maximum Gasteiger partial charge on any atom is 0.195 e. The maximum absolute atomic E-state index is 5.56. The van der Waals surface area contributed by atoms with E-state index in [4.69, 9.17) is 9.47 Å². The van der Waals surface area contributed by atoms with Crippen LogP contribution in [0.2, 0.25) is 0 Å². The van der Waals surface area contributed by atoms with Crippen LogP contribution < -0.4 is 20.1 Å². The smallest absolute Gasteiger partial charge is 0.195 e. The summed E-state index contributed by atoms with van der Waals surface area (Å²) >= 11 is 0. The number of nitrogens with one attached hydrogen (secondary N) is 2. The van der Waals surface area contributed by atoms with Crippen LogP contribution in [0.5, 0.6) is 11.5 Å². The number of unbranched alkanes of at least 4 members (excludes halogenated alkanes) is 2. The summed E-state index contributed by atoms with van der Waals surface area (Å²) in [5.41, 5.74) is 0.925. The molecule has 1 saturated heterocycles. The second kappa shape index (κ2) is 14.7. The van der Waals surface area contributed by atoms with Crippen LogP contribution in [-0.4, -0.2) is 57.8 Å². The number of benzene rings is 1. The van der Waals surface area contributed by atoms with E-state index in [0.29, 0.717) is 6.61 Å². The van der Waals surface area contributed by atoms with E-state index in [1.807, 2.05) is 25.1 Å². The highest BCUT2D eigenvalue weighted by molar-refractivity contribution is 14.0. The Morgan fingerprint density at radius 1 is 1.11 bits per heavy atom. The first-order chi connectivity index (χ1) is 13.3. The van der Waals surface area contributed by atoms with Crippen LogP contribution in [0.1, 0.15) is 45.4 Å². The zero-order valence-corrected chi connectivity index (χ0v) is 20.0. The van der Waals surface area contributed by atoms with E-state index in [1.54, 1.807) is 14.2 Å². The molecule has 0 atom stereocenters. The summed E-state index contributed by atoms with van der Waals surface area (Å²) in [6, 6.07) is 5.81. The van der Waals surface area contributed by atoms with Crippen molar-refractivity contribution in [3.8, 4) is 11.5 Å². The number of hydrogen-bond donors (Lipinski definition) is 2. The summed E-state index contributed by atoms with van der Waals surface area (Å²) in [7, 11) is 3.44. The third kappa shape index (κ3) is 8.86. The summed E-state index contributed by atoms with van der Waals surface area (Å²) in [5.74, 6) is 2.24. The number of hydrogen-bond acceptors (Lipinski definition) is 4. The zero-order chi connectivity index (χ0) is 19.3. The number of anilines is 1. The minimum atomic E-state index is 0. The average molecular weight is 504 g/mol. The van der Waals surface area contributed by atoms with Crippen molar-refractivity contribution in [1.29, 1.82) is 0 Å². The Hall–Kier alpha value is -1.22. The van der Waals surface area contributed by atoms with Crippen molar-refractivity contribution < 1.29 is 9.47 Å². The van der Waals surface area contributed by atoms with Crippen LogP contribution in [-0.2, 0) is 0 Å². The van der Waals surface area contributed by atoms with E-state index >= 15 is 0 Å². The largest absolute Gasteiger partial charge is 0.493 e. The minimum Gasteiger partial charge on any atom is -0.493 e. The molecule has 0 saturated carbocycles. The summed E-state index contributed by atoms with van der Waals surface area (Å²) in [4.78, 5) is 6.91. The number of ether oxygens (including phenoxy) is 2. The number of halogens is 1. The number of rotatable bonds is 10. The molecule has 2 N–H and O–H groups in total. The SMILES string of the molecule is CCOc1ccc(NC(=NC)NCCCCCN2CCCCC2)cc1OC.I. The second-order valence-electron chi connectivity index (χ2n) is 6.89. The van der Waals surface area contributed by atoms with E-state index in [-0.39, 0.29) is 24.0 Å². The number of guanidine groups is 1. The highest BCUT2D eigenvalue weighted by Gasteiger charge is 2.09. The first kappa shape index (κ1) is 24.8. The third-order valence-electron chi connectivity index (χ3n) is 4.84. The molecule has 1 aromatic carbocycles. The van der Waals surface area contributed by atoms with Gasteiger partial charge in [0.2, 0.25) is 0 Å². The van der Waals surface area contributed by atoms with Crippen molar-refractivity contribution in [3.63, 3.8) is 0 Å². The molecular formula is C21H37IN4O2. The lowest BCUT2D eigenvalue weighted by Gasteiger charge is -2.26. The topological polar surface area (TPSA) is 58.1 Å². The standard InChI is InChI=1S/C21H36N4O2.HI/c1-4-27-19-12-11-18(17-20(19)26-3)24-21(22-2)23-13-7-5-8-14-25-15-9-6-10-16-25;/h11-12,17H,4-10,13-16H2,1-3H3,(H2,22,23,24);1H. The highest BCUT2D eigenvalue weighted by atomic mass is 127. The van der Waals surface area contributed by atoms with Crippen LogP contribution in [0.3, 0.4) is 0 Å². The number of nitrogens with zero attached hydrogens (tertiary/aromatic N) is 2. The molecule has 7 heteroatoms. The van der Waals surface area contributed by atoms with Gasteiger partial charge in [-0.1, -0.05) is 12.8 Å². The lowest BCUT2D eigenvalue weighted by atomic mass is 10.1. The van der Waals surface area contributed by atoms with Crippen LogP contribution >= 0.6 is 24.0 Å². The number of piperidine rings is 1. The average Bonchev–Trinajstić information content (AvgIpc) is 2.71. The fourth-order valence-corrected chi connectivity index (χ4v) is 3.36. The zero-order valence-electron chi connectivity index (χ0n) is 17.6. The first-order valence-corrected chi connectivity index (χ1v) is 10.3. The third-order valence-corrected chi connectivity index (χ3v) is 4.84. The lowest BCUT2D eigenvalue weighted by molar-refractivity contribution is 0.224. The fraction of sp³-hybridized carbons (Fsp3) is 0.667. The molecule has 1 heterocycles. The van der Waals surface area contributed by atoms with Gasteiger partial charge in [-0.15, -0.1) is 24.0 Å². The van der Waals surface area contributed by atoms with Gasteiger partial charge in [0.1, 0.15) is 0 Å². The molecule has 0 aliphatic carbocycles. The van der Waals surface area contributed by atoms with Gasteiger partial charge in [0, 0.05) is 25.3 Å². The Morgan fingerprint density at radius 3 is 2.57 bits per heavy atom. The molecule has 0 unspecified atom stereocenters. The van der Waals surface area contributed by atoms with E-state index in [1.165, 1.54) is 51.7 Å². The quantitative estimate of drug-likeness (QED) is 0.215. The summed E-state index contributed by atoms with van der Waals surface area (Å²) in [6.07, 6.45) is 7.84. The second-order valence-corrected chi connectivity index (χ2v) is 6.89. The maximum atomic E-state index is 5.56.